The summed E-state index contributed by atoms with van der Waals surface area (Å²) in [5.41, 5.74) is -0.617. The summed E-state index contributed by atoms with van der Waals surface area (Å²) in [5.74, 6) is -1.68. The summed E-state index contributed by atoms with van der Waals surface area (Å²) < 4.78 is 12.2. The molecule has 3 saturated heterocycles. The average molecular weight is 523 g/mol. The number of carbonyl (C=O) groups is 2. The fourth-order valence-electron chi connectivity index (χ4n) is 6.17. The highest BCUT2D eigenvalue weighted by Crippen LogP contribution is 2.62. The Kier molecular flexibility index (Phi) is 5.23. The van der Waals surface area contributed by atoms with Crippen molar-refractivity contribution in [2.45, 2.75) is 37.4 Å². The van der Waals surface area contributed by atoms with Crippen LogP contribution in [0.15, 0.2) is 42.6 Å². The van der Waals surface area contributed by atoms with Gasteiger partial charge in [-0.15, -0.1) is 5.10 Å². The SMILES string of the molecule is C[C@@]12CC[C@@](CCOc3nncc(Cl)c3Cl)(O1)[C@H]1C(=O)N(c3ccc(C#N)c4ccccc34)C(=O)[C@H]12. The van der Waals surface area contributed by atoms with Crippen molar-refractivity contribution in [1.29, 1.82) is 5.26 Å². The van der Waals surface area contributed by atoms with Crippen LogP contribution in [0.4, 0.5) is 5.69 Å². The van der Waals surface area contributed by atoms with Gasteiger partial charge in [-0.25, -0.2) is 4.90 Å². The monoisotopic (exact) mass is 522 g/mol. The van der Waals surface area contributed by atoms with Gasteiger partial charge in [-0.05, 0) is 31.9 Å². The second kappa shape index (κ2) is 8.13. The maximum atomic E-state index is 13.9. The molecule has 0 aliphatic carbocycles. The second-order valence-corrected chi connectivity index (χ2v) is 10.4. The highest BCUT2D eigenvalue weighted by Gasteiger charge is 2.73. The van der Waals surface area contributed by atoms with Crippen molar-refractivity contribution in [2.24, 2.45) is 11.8 Å². The number of nitrogens with zero attached hydrogens (tertiary/aromatic N) is 4. The maximum Gasteiger partial charge on any atom is 0.253 e. The first kappa shape index (κ1) is 23.2. The van der Waals surface area contributed by atoms with Crippen LogP contribution in [0.3, 0.4) is 0 Å². The van der Waals surface area contributed by atoms with Gasteiger partial charge in [0.15, 0.2) is 0 Å². The molecule has 182 valence electrons. The minimum atomic E-state index is -0.845. The topological polar surface area (TPSA) is 105 Å². The number of ether oxygens (including phenoxy) is 2. The highest BCUT2D eigenvalue weighted by molar-refractivity contribution is 6.42. The standard InChI is InChI=1S/C26H20Cl2N4O4/c1-25-8-9-26(36-25,10-11-35-22-21(28)17(27)13-30-31-22)20-19(25)23(33)32(24(20)34)18-7-6-14(12-29)15-4-2-3-5-16(15)18/h2-7,13,19-20H,8-11H2,1H3/t19-,20+,25-,26-/m0/s1. The van der Waals surface area contributed by atoms with E-state index in [-0.39, 0.29) is 34.3 Å². The fraction of sp³-hybridized carbons (Fsp3) is 0.346. The van der Waals surface area contributed by atoms with Crippen LogP contribution in [0.25, 0.3) is 10.8 Å². The molecule has 6 rings (SSSR count). The zero-order valence-electron chi connectivity index (χ0n) is 19.2. The molecule has 0 unspecified atom stereocenters. The van der Waals surface area contributed by atoms with Gasteiger partial charge in [0.2, 0.25) is 11.8 Å². The highest BCUT2D eigenvalue weighted by atomic mass is 35.5. The smallest absolute Gasteiger partial charge is 0.253 e. The van der Waals surface area contributed by atoms with Gasteiger partial charge in [0, 0.05) is 17.2 Å². The number of fused-ring (bicyclic) bond motifs is 6. The Morgan fingerprint density at radius 2 is 1.89 bits per heavy atom. The fourth-order valence-corrected chi connectivity index (χ4v) is 6.44. The minimum Gasteiger partial charge on any atom is -0.475 e. The van der Waals surface area contributed by atoms with Gasteiger partial charge in [0.1, 0.15) is 5.02 Å². The molecule has 8 nitrogen and oxygen atoms in total. The number of rotatable bonds is 5. The molecule has 3 fully saturated rings. The van der Waals surface area contributed by atoms with Gasteiger partial charge in [-0.1, -0.05) is 47.5 Å². The van der Waals surface area contributed by atoms with Gasteiger partial charge in [0.25, 0.3) is 5.88 Å². The number of benzene rings is 2. The number of amides is 2. The molecule has 3 aliphatic rings. The van der Waals surface area contributed by atoms with Crippen LogP contribution in [0.5, 0.6) is 5.88 Å². The maximum absolute atomic E-state index is 13.9. The molecular formula is C26H20Cl2N4O4. The van der Waals surface area contributed by atoms with Crippen LogP contribution in [0.2, 0.25) is 10.0 Å². The van der Waals surface area contributed by atoms with Gasteiger partial charge in [-0.2, -0.15) is 10.4 Å². The number of hydrogen-bond acceptors (Lipinski definition) is 7. The molecule has 36 heavy (non-hydrogen) atoms. The van der Waals surface area contributed by atoms with Gasteiger partial charge < -0.3 is 9.47 Å². The molecule has 4 heterocycles. The van der Waals surface area contributed by atoms with Crippen molar-refractivity contribution in [1.82, 2.24) is 10.2 Å². The van der Waals surface area contributed by atoms with Crippen LogP contribution in [-0.2, 0) is 14.3 Å². The summed E-state index contributed by atoms with van der Waals surface area (Å²) in [7, 11) is 0. The third-order valence-electron chi connectivity index (χ3n) is 7.76. The minimum absolute atomic E-state index is 0.107. The first-order valence-corrected chi connectivity index (χ1v) is 12.3. The molecule has 0 saturated carbocycles. The average Bonchev–Trinajstić information content (AvgIpc) is 3.45. The number of aromatic nitrogens is 2. The Morgan fingerprint density at radius 3 is 2.67 bits per heavy atom. The van der Waals surface area contributed by atoms with E-state index in [4.69, 9.17) is 32.7 Å². The summed E-state index contributed by atoms with van der Waals surface area (Å²) >= 11 is 12.2. The lowest BCUT2D eigenvalue weighted by atomic mass is 9.67. The molecule has 4 atom stereocenters. The Morgan fingerprint density at radius 1 is 1.14 bits per heavy atom. The summed E-state index contributed by atoms with van der Waals surface area (Å²) in [4.78, 5) is 29.0. The number of carbonyl (C=O) groups excluding carboxylic acids is 2. The molecule has 0 N–H and O–H groups in total. The van der Waals surface area contributed by atoms with Crippen molar-refractivity contribution in [3.63, 3.8) is 0 Å². The number of halogens is 2. The molecule has 2 amide bonds. The third kappa shape index (κ3) is 3.16. The summed E-state index contributed by atoms with van der Waals surface area (Å²) in [6, 6.07) is 12.8. The van der Waals surface area contributed by atoms with E-state index in [1.807, 2.05) is 31.2 Å². The van der Waals surface area contributed by atoms with E-state index in [9.17, 15) is 14.9 Å². The second-order valence-electron chi connectivity index (χ2n) is 9.65. The quantitative estimate of drug-likeness (QED) is 0.446. The van der Waals surface area contributed by atoms with E-state index in [0.717, 1.165) is 0 Å². The molecule has 3 aromatic rings. The Balaban J connectivity index is 1.33. The first-order valence-electron chi connectivity index (χ1n) is 11.6. The van der Waals surface area contributed by atoms with Crippen molar-refractivity contribution in [3.05, 3.63) is 58.2 Å². The van der Waals surface area contributed by atoms with Crippen LogP contribution in [0.1, 0.15) is 31.7 Å². The van der Waals surface area contributed by atoms with E-state index < -0.39 is 23.0 Å². The molecule has 2 bridgehead atoms. The van der Waals surface area contributed by atoms with E-state index >= 15 is 0 Å². The summed E-state index contributed by atoms with van der Waals surface area (Å²) in [5, 5.41) is 18.9. The molecular weight excluding hydrogens is 503 g/mol. The van der Waals surface area contributed by atoms with Crippen molar-refractivity contribution in [2.75, 3.05) is 11.5 Å². The molecule has 0 spiro atoms. The van der Waals surface area contributed by atoms with Crippen molar-refractivity contribution < 1.29 is 19.1 Å². The van der Waals surface area contributed by atoms with E-state index in [0.29, 0.717) is 41.3 Å². The van der Waals surface area contributed by atoms with Gasteiger partial charge >= 0.3 is 0 Å². The number of hydrogen-bond donors (Lipinski definition) is 0. The van der Waals surface area contributed by atoms with Gasteiger partial charge in [-0.3, -0.25) is 9.59 Å². The molecule has 1 aromatic heterocycles. The molecule has 0 radical (unpaired) electrons. The van der Waals surface area contributed by atoms with Crippen molar-refractivity contribution >= 4 is 51.5 Å². The Hall–Kier alpha value is -3.25. The van der Waals surface area contributed by atoms with Crippen LogP contribution >= 0.6 is 23.2 Å². The lowest BCUT2D eigenvalue weighted by Crippen LogP contribution is -2.43. The normalized spacial score (nSPS) is 28.6. The Bertz CT molecular complexity index is 1490. The third-order valence-corrected chi connectivity index (χ3v) is 8.50. The predicted octanol–water partition coefficient (Wildman–Crippen LogP) is 4.70. The number of nitriles is 1. The van der Waals surface area contributed by atoms with Crippen LogP contribution in [0, 0.1) is 23.2 Å². The summed E-state index contributed by atoms with van der Waals surface area (Å²) in [6.07, 6.45) is 2.98. The van der Waals surface area contributed by atoms with Gasteiger partial charge in [0.05, 0.1) is 58.2 Å². The van der Waals surface area contributed by atoms with Crippen molar-refractivity contribution in [3.8, 4) is 11.9 Å². The number of anilines is 1. The molecule has 2 aromatic carbocycles. The van der Waals surface area contributed by atoms with Crippen LogP contribution in [-0.4, -0.2) is 39.8 Å². The largest absolute Gasteiger partial charge is 0.475 e. The zero-order chi connectivity index (χ0) is 25.2. The molecule has 3 aliphatic heterocycles. The molecule has 10 heteroatoms. The van der Waals surface area contributed by atoms with E-state index in [1.54, 1.807) is 12.1 Å². The zero-order valence-corrected chi connectivity index (χ0v) is 20.7. The van der Waals surface area contributed by atoms with E-state index in [1.165, 1.54) is 11.1 Å². The Labute approximate surface area is 216 Å². The predicted molar refractivity (Wildman–Crippen MR) is 132 cm³/mol. The summed E-state index contributed by atoms with van der Waals surface area (Å²) in [6.45, 7) is 2.07. The van der Waals surface area contributed by atoms with E-state index in [2.05, 4.69) is 16.3 Å². The first-order chi connectivity index (χ1) is 17.3. The number of imide groups is 1. The lowest BCUT2D eigenvalue weighted by molar-refractivity contribution is -0.131. The lowest BCUT2D eigenvalue weighted by Gasteiger charge is -2.31. The van der Waals surface area contributed by atoms with Crippen LogP contribution < -0.4 is 9.64 Å².